The van der Waals surface area contributed by atoms with Gasteiger partial charge in [-0.25, -0.2) is 15.0 Å². The third-order valence-electron chi connectivity index (χ3n) is 10.1. The van der Waals surface area contributed by atoms with E-state index in [-0.39, 0.29) is 0 Å². The van der Waals surface area contributed by atoms with Crippen molar-refractivity contribution in [3.8, 4) is 11.1 Å². The molecule has 3 aromatic heterocycles. The van der Waals surface area contributed by atoms with Crippen LogP contribution in [0.1, 0.15) is 22.9 Å². The van der Waals surface area contributed by atoms with Gasteiger partial charge in [-0.05, 0) is 46.7 Å². The summed E-state index contributed by atoms with van der Waals surface area (Å²) in [7, 11) is 0. The van der Waals surface area contributed by atoms with Gasteiger partial charge in [-0.1, -0.05) is 127 Å². The lowest BCUT2D eigenvalue weighted by Crippen LogP contribution is -2.34. The molecular weight excluding hydrogens is 641 g/mol. The highest BCUT2D eigenvalue weighted by Gasteiger charge is 2.27. The second-order valence-electron chi connectivity index (χ2n) is 13.2. The van der Waals surface area contributed by atoms with Crippen molar-refractivity contribution in [1.82, 2.24) is 10.3 Å². The summed E-state index contributed by atoms with van der Waals surface area (Å²) in [5.41, 5.74) is 9.98. The van der Waals surface area contributed by atoms with Crippen LogP contribution in [0.5, 0.6) is 0 Å². The lowest BCUT2D eigenvalue weighted by molar-refractivity contribution is 0.662. The number of furan rings is 2. The molecule has 1 aliphatic heterocycles. The van der Waals surface area contributed by atoms with Gasteiger partial charge >= 0.3 is 0 Å². The molecule has 11 rings (SSSR count). The number of nitrogens with zero attached hydrogens (tertiary/aromatic N) is 3. The molecule has 10 aromatic rings. The fraction of sp³-hybridized carbons (Fsp3) is 0.0217. The SMILES string of the molecule is c1ccc(C2=NC(c3cccc4oc5ccccc5c34)NC(c3ccc4ccccc4c3-c3cccc4oc5cc6ccccc6nc5c34)=N2)cc1. The number of rotatable bonds is 4. The van der Waals surface area contributed by atoms with Crippen LogP contribution in [0.3, 0.4) is 0 Å². The molecule has 0 aliphatic carbocycles. The van der Waals surface area contributed by atoms with Gasteiger partial charge in [0.15, 0.2) is 11.4 Å². The van der Waals surface area contributed by atoms with Crippen LogP contribution >= 0.6 is 0 Å². The smallest absolute Gasteiger partial charge is 0.159 e. The van der Waals surface area contributed by atoms with E-state index in [0.717, 1.165) is 99.3 Å². The first-order valence-corrected chi connectivity index (χ1v) is 17.4. The highest BCUT2D eigenvalue weighted by molar-refractivity contribution is 6.22. The highest BCUT2D eigenvalue weighted by Crippen LogP contribution is 2.42. The van der Waals surface area contributed by atoms with Crippen molar-refractivity contribution < 1.29 is 8.83 Å². The van der Waals surface area contributed by atoms with Crippen LogP contribution in [0.25, 0.3) is 76.8 Å². The maximum Gasteiger partial charge on any atom is 0.159 e. The number of pyridine rings is 1. The third-order valence-corrected chi connectivity index (χ3v) is 10.1. The standard InChI is InChI=1S/C46H28N4O2/c1-2-13-28(14-3-1)44-48-45(33-19-11-22-37-41(33)31-17-7-9-21-36(31)51-37)50-46(49-44)34-25-24-27-12-4-6-16-30(27)40(34)32-18-10-23-38-42(32)43-39(52-38)26-29-15-5-8-20-35(29)47-43/h1-26,45H,(H,48,49,50). The minimum atomic E-state index is -0.440. The van der Waals surface area contributed by atoms with E-state index < -0.39 is 6.17 Å². The van der Waals surface area contributed by atoms with Crippen LogP contribution in [0.2, 0.25) is 0 Å². The Labute approximate surface area is 297 Å². The molecule has 0 radical (unpaired) electrons. The van der Waals surface area contributed by atoms with E-state index in [9.17, 15) is 0 Å². The maximum absolute atomic E-state index is 6.50. The minimum Gasteiger partial charge on any atom is -0.456 e. The zero-order valence-corrected chi connectivity index (χ0v) is 27.7. The Balaban J connectivity index is 1.18. The number of nitrogens with one attached hydrogen (secondary N) is 1. The molecule has 0 saturated heterocycles. The largest absolute Gasteiger partial charge is 0.456 e. The fourth-order valence-electron chi connectivity index (χ4n) is 7.79. The van der Waals surface area contributed by atoms with E-state index in [2.05, 4.69) is 96.3 Å². The number of para-hydroxylation sites is 2. The van der Waals surface area contributed by atoms with Crippen molar-refractivity contribution in [1.29, 1.82) is 0 Å². The van der Waals surface area contributed by atoms with Crippen molar-refractivity contribution in [2.75, 3.05) is 0 Å². The third kappa shape index (κ3) is 4.41. The van der Waals surface area contributed by atoms with Crippen LogP contribution in [0, 0.1) is 0 Å². The van der Waals surface area contributed by atoms with Gasteiger partial charge in [-0.3, -0.25) is 0 Å². The molecule has 0 saturated carbocycles. The predicted molar refractivity (Wildman–Crippen MR) is 211 cm³/mol. The van der Waals surface area contributed by atoms with Crippen LogP contribution in [0.15, 0.2) is 177 Å². The van der Waals surface area contributed by atoms with Gasteiger partial charge in [0, 0.05) is 38.4 Å². The summed E-state index contributed by atoms with van der Waals surface area (Å²) in [6, 6.07) is 53.9. The molecular formula is C46H28N4O2. The Morgan fingerprint density at radius 1 is 0.519 bits per heavy atom. The van der Waals surface area contributed by atoms with E-state index >= 15 is 0 Å². The first-order valence-electron chi connectivity index (χ1n) is 17.4. The second-order valence-corrected chi connectivity index (χ2v) is 13.2. The van der Waals surface area contributed by atoms with Gasteiger partial charge in [0.05, 0.1) is 10.9 Å². The van der Waals surface area contributed by atoms with Crippen molar-refractivity contribution in [3.05, 3.63) is 174 Å². The van der Waals surface area contributed by atoms with E-state index in [4.69, 9.17) is 23.8 Å². The Morgan fingerprint density at radius 2 is 1.23 bits per heavy atom. The molecule has 6 nitrogen and oxygen atoms in total. The second kappa shape index (κ2) is 11.2. The van der Waals surface area contributed by atoms with Crippen LogP contribution < -0.4 is 5.32 Å². The first kappa shape index (κ1) is 28.8. The number of hydrogen-bond acceptors (Lipinski definition) is 6. The van der Waals surface area contributed by atoms with Gasteiger partial charge in [-0.2, -0.15) is 0 Å². The van der Waals surface area contributed by atoms with Gasteiger partial charge < -0.3 is 14.2 Å². The summed E-state index contributed by atoms with van der Waals surface area (Å²) in [6.45, 7) is 0. The molecule has 7 aromatic carbocycles. The summed E-state index contributed by atoms with van der Waals surface area (Å²) in [5, 5.41) is 10.1. The molecule has 0 amide bonds. The number of amidine groups is 2. The predicted octanol–water partition coefficient (Wildman–Crippen LogP) is 11.3. The van der Waals surface area contributed by atoms with Crippen molar-refractivity contribution in [2.45, 2.75) is 6.17 Å². The first-order chi connectivity index (χ1) is 25.8. The Morgan fingerprint density at radius 3 is 2.13 bits per heavy atom. The summed E-state index contributed by atoms with van der Waals surface area (Å²) < 4.78 is 12.8. The van der Waals surface area contributed by atoms with Crippen molar-refractivity contribution in [3.63, 3.8) is 0 Å². The highest BCUT2D eigenvalue weighted by atomic mass is 16.3. The van der Waals surface area contributed by atoms with Crippen LogP contribution in [-0.4, -0.2) is 16.7 Å². The van der Waals surface area contributed by atoms with E-state index in [1.165, 1.54) is 0 Å². The van der Waals surface area contributed by atoms with Crippen LogP contribution in [0.4, 0.5) is 0 Å². The average Bonchev–Trinajstić information content (AvgIpc) is 3.78. The molecule has 1 N–H and O–H groups in total. The maximum atomic E-state index is 6.50. The molecule has 0 spiro atoms. The zero-order chi connectivity index (χ0) is 34.2. The van der Waals surface area contributed by atoms with Crippen molar-refractivity contribution >= 4 is 77.4 Å². The topological polar surface area (TPSA) is 75.9 Å². The summed E-state index contributed by atoms with van der Waals surface area (Å²) in [4.78, 5) is 15.7. The van der Waals surface area contributed by atoms with Crippen molar-refractivity contribution in [2.24, 2.45) is 9.98 Å². The number of aliphatic imine (C=N–C) groups is 2. The van der Waals surface area contributed by atoms with E-state index in [1.54, 1.807) is 0 Å². The molecule has 1 unspecified atom stereocenters. The summed E-state index contributed by atoms with van der Waals surface area (Å²) in [6.07, 6.45) is -0.440. The van der Waals surface area contributed by atoms with Gasteiger partial charge in [0.1, 0.15) is 34.3 Å². The molecule has 1 aliphatic rings. The van der Waals surface area contributed by atoms with E-state index in [0.29, 0.717) is 5.84 Å². The quantitative estimate of drug-likeness (QED) is 0.202. The lowest BCUT2D eigenvalue weighted by Gasteiger charge is -2.26. The minimum absolute atomic E-state index is 0.440. The van der Waals surface area contributed by atoms with Crippen LogP contribution in [-0.2, 0) is 0 Å². The molecule has 52 heavy (non-hydrogen) atoms. The number of benzene rings is 7. The van der Waals surface area contributed by atoms with Gasteiger partial charge in [-0.15, -0.1) is 0 Å². The molecule has 1 atom stereocenters. The normalized spacial score (nSPS) is 14.7. The molecule has 244 valence electrons. The molecule has 0 bridgehead atoms. The summed E-state index contributed by atoms with van der Waals surface area (Å²) >= 11 is 0. The van der Waals surface area contributed by atoms with Gasteiger partial charge in [0.2, 0.25) is 0 Å². The summed E-state index contributed by atoms with van der Waals surface area (Å²) in [5.74, 6) is 1.39. The monoisotopic (exact) mass is 668 g/mol. The zero-order valence-electron chi connectivity index (χ0n) is 27.7. The average molecular weight is 669 g/mol. The number of fused-ring (bicyclic) bond motifs is 8. The Bertz CT molecular complexity index is 3120. The molecule has 0 fully saturated rings. The molecule has 4 heterocycles. The number of hydrogen-bond donors (Lipinski definition) is 1. The lowest BCUT2D eigenvalue weighted by atomic mass is 9.90. The Hall–Kier alpha value is -7.05. The van der Waals surface area contributed by atoms with E-state index in [1.807, 2.05) is 66.7 Å². The Kier molecular flexibility index (Phi) is 6.21. The number of aromatic nitrogens is 1. The van der Waals surface area contributed by atoms with Gasteiger partial charge in [0.25, 0.3) is 0 Å². The molecule has 6 heteroatoms. The fourth-order valence-corrected chi connectivity index (χ4v) is 7.79.